The average Bonchev–Trinajstić information content (AvgIpc) is 2.20. The molecule has 0 aromatic heterocycles. The second-order valence-electron chi connectivity index (χ2n) is 3.33. The van der Waals surface area contributed by atoms with Crippen LogP contribution in [0.25, 0.3) is 0 Å². The predicted octanol–water partition coefficient (Wildman–Crippen LogP) is 1.26. The number of aliphatic hydroxyl groups excluding tert-OH is 1. The van der Waals surface area contributed by atoms with Crippen LogP contribution in [0.5, 0.6) is 0 Å². The number of hydrogen-bond acceptors (Lipinski definition) is 2. The lowest BCUT2D eigenvalue weighted by molar-refractivity contribution is -0.120. The molecule has 1 amide bonds. The minimum Gasteiger partial charge on any atom is -0.387 e. The van der Waals surface area contributed by atoms with Crippen LogP contribution in [0.3, 0.4) is 0 Å². The third kappa shape index (κ3) is 1.93. The smallest absolute Gasteiger partial charge is 0.252 e. The SMILES string of the molecule is Cc1cccc(N(C)C(=O)CO)c1C. The van der Waals surface area contributed by atoms with Crippen molar-refractivity contribution >= 4 is 11.6 Å². The first kappa shape index (κ1) is 10.7. The summed E-state index contributed by atoms with van der Waals surface area (Å²) in [6.45, 7) is 3.51. The van der Waals surface area contributed by atoms with Crippen molar-refractivity contribution in [2.45, 2.75) is 13.8 Å². The van der Waals surface area contributed by atoms with E-state index < -0.39 is 6.61 Å². The molecule has 0 heterocycles. The molecule has 14 heavy (non-hydrogen) atoms. The van der Waals surface area contributed by atoms with E-state index in [0.29, 0.717) is 0 Å². The van der Waals surface area contributed by atoms with Gasteiger partial charge >= 0.3 is 0 Å². The summed E-state index contributed by atoms with van der Waals surface area (Å²) in [5.41, 5.74) is 3.06. The van der Waals surface area contributed by atoms with Crippen LogP contribution in [-0.4, -0.2) is 24.7 Å². The monoisotopic (exact) mass is 193 g/mol. The Bertz CT molecular complexity index is 347. The van der Waals surface area contributed by atoms with Crippen molar-refractivity contribution in [3.63, 3.8) is 0 Å². The van der Waals surface area contributed by atoms with Crippen molar-refractivity contribution in [3.05, 3.63) is 29.3 Å². The predicted molar refractivity (Wildman–Crippen MR) is 56.4 cm³/mol. The normalized spacial score (nSPS) is 10.0. The maximum Gasteiger partial charge on any atom is 0.252 e. The molecule has 0 radical (unpaired) electrons. The zero-order valence-corrected chi connectivity index (χ0v) is 8.74. The van der Waals surface area contributed by atoms with Gasteiger partial charge in [-0.1, -0.05) is 12.1 Å². The zero-order chi connectivity index (χ0) is 10.7. The highest BCUT2D eigenvalue weighted by atomic mass is 16.3. The zero-order valence-electron chi connectivity index (χ0n) is 8.74. The Balaban J connectivity index is 3.07. The largest absolute Gasteiger partial charge is 0.387 e. The molecule has 0 bridgehead atoms. The van der Waals surface area contributed by atoms with Gasteiger partial charge in [0.25, 0.3) is 5.91 Å². The molecular formula is C11H15NO2. The van der Waals surface area contributed by atoms with Gasteiger partial charge in [-0.2, -0.15) is 0 Å². The first-order chi connectivity index (χ1) is 6.57. The number of hydrogen-bond donors (Lipinski definition) is 1. The van der Waals surface area contributed by atoms with Crippen LogP contribution in [0, 0.1) is 13.8 Å². The summed E-state index contributed by atoms with van der Waals surface area (Å²) >= 11 is 0. The Labute approximate surface area is 84.0 Å². The summed E-state index contributed by atoms with van der Waals surface area (Å²) in [6, 6.07) is 5.77. The van der Waals surface area contributed by atoms with Gasteiger partial charge in [-0.3, -0.25) is 4.79 Å². The van der Waals surface area contributed by atoms with E-state index >= 15 is 0 Å². The van der Waals surface area contributed by atoms with Crippen LogP contribution < -0.4 is 4.90 Å². The summed E-state index contributed by atoms with van der Waals surface area (Å²) in [7, 11) is 1.67. The third-order valence-electron chi connectivity index (χ3n) is 2.45. The average molecular weight is 193 g/mol. The van der Waals surface area contributed by atoms with Crippen LogP contribution in [0.15, 0.2) is 18.2 Å². The van der Waals surface area contributed by atoms with Gasteiger partial charge in [0.15, 0.2) is 0 Å². The minimum absolute atomic E-state index is 0.293. The van der Waals surface area contributed by atoms with Crippen LogP contribution in [0.4, 0.5) is 5.69 Å². The van der Waals surface area contributed by atoms with E-state index in [4.69, 9.17) is 5.11 Å². The van der Waals surface area contributed by atoms with Crippen LogP contribution in [-0.2, 0) is 4.79 Å². The molecule has 0 saturated heterocycles. The van der Waals surface area contributed by atoms with Crippen molar-refractivity contribution in [1.82, 2.24) is 0 Å². The molecule has 3 heteroatoms. The minimum atomic E-state index is -0.454. The molecule has 76 valence electrons. The highest BCUT2D eigenvalue weighted by Gasteiger charge is 2.11. The number of carbonyl (C=O) groups is 1. The molecule has 1 aromatic carbocycles. The maximum atomic E-state index is 11.3. The molecule has 0 fully saturated rings. The number of rotatable bonds is 2. The second kappa shape index (κ2) is 4.24. The molecule has 3 nitrogen and oxygen atoms in total. The van der Waals surface area contributed by atoms with Crippen molar-refractivity contribution in [3.8, 4) is 0 Å². The first-order valence-electron chi connectivity index (χ1n) is 4.51. The fourth-order valence-corrected chi connectivity index (χ4v) is 1.34. The lowest BCUT2D eigenvalue weighted by Crippen LogP contribution is -2.29. The van der Waals surface area contributed by atoms with E-state index in [0.717, 1.165) is 16.8 Å². The number of benzene rings is 1. The first-order valence-corrected chi connectivity index (χ1v) is 4.51. The topological polar surface area (TPSA) is 40.5 Å². The van der Waals surface area contributed by atoms with Gasteiger partial charge in [0.1, 0.15) is 6.61 Å². The highest BCUT2D eigenvalue weighted by molar-refractivity contribution is 5.94. The van der Waals surface area contributed by atoms with Crippen LogP contribution in [0.1, 0.15) is 11.1 Å². The molecule has 0 aliphatic heterocycles. The molecule has 0 unspecified atom stereocenters. The summed E-state index contributed by atoms with van der Waals surface area (Å²) in [6.07, 6.45) is 0. The molecule has 0 atom stereocenters. The standard InChI is InChI=1S/C11H15NO2/c1-8-5-4-6-10(9(8)2)12(3)11(14)7-13/h4-6,13H,7H2,1-3H3. The summed E-state index contributed by atoms with van der Waals surface area (Å²) in [5, 5.41) is 8.74. The Hall–Kier alpha value is -1.35. The number of nitrogens with zero attached hydrogens (tertiary/aromatic N) is 1. The second-order valence-corrected chi connectivity index (χ2v) is 3.33. The highest BCUT2D eigenvalue weighted by Crippen LogP contribution is 2.21. The summed E-state index contributed by atoms with van der Waals surface area (Å²) < 4.78 is 0. The molecule has 0 spiro atoms. The Morgan fingerprint density at radius 1 is 1.43 bits per heavy atom. The van der Waals surface area contributed by atoms with Gasteiger partial charge in [-0.15, -0.1) is 0 Å². The maximum absolute atomic E-state index is 11.3. The Morgan fingerprint density at radius 2 is 2.07 bits per heavy atom. The van der Waals surface area contributed by atoms with Gasteiger partial charge in [0.2, 0.25) is 0 Å². The van der Waals surface area contributed by atoms with Gasteiger partial charge in [0, 0.05) is 12.7 Å². The molecule has 1 N–H and O–H groups in total. The number of aryl methyl sites for hydroxylation is 1. The third-order valence-corrected chi connectivity index (χ3v) is 2.45. The van der Waals surface area contributed by atoms with E-state index in [9.17, 15) is 4.79 Å². The van der Waals surface area contributed by atoms with Gasteiger partial charge < -0.3 is 10.0 Å². The fourth-order valence-electron chi connectivity index (χ4n) is 1.34. The van der Waals surface area contributed by atoms with E-state index in [1.165, 1.54) is 4.90 Å². The van der Waals surface area contributed by atoms with Crippen LogP contribution in [0.2, 0.25) is 0 Å². The van der Waals surface area contributed by atoms with Crippen molar-refractivity contribution < 1.29 is 9.90 Å². The lowest BCUT2D eigenvalue weighted by atomic mass is 10.1. The molecule has 0 saturated carbocycles. The number of anilines is 1. The Morgan fingerprint density at radius 3 is 2.64 bits per heavy atom. The fraction of sp³-hybridized carbons (Fsp3) is 0.364. The summed E-state index contributed by atoms with van der Waals surface area (Å²) in [5.74, 6) is -0.293. The number of likely N-dealkylation sites (N-methyl/N-ethyl adjacent to an activating group) is 1. The molecule has 1 rings (SSSR count). The van der Waals surface area contributed by atoms with Gasteiger partial charge in [-0.25, -0.2) is 0 Å². The van der Waals surface area contributed by atoms with Crippen molar-refractivity contribution in [1.29, 1.82) is 0 Å². The Kier molecular flexibility index (Phi) is 3.25. The quantitative estimate of drug-likeness (QED) is 0.768. The molecular weight excluding hydrogens is 178 g/mol. The number of amides is 1. The molecule has 1 aromatic rings. The van der Waals surface area contributed by atoms with Crippen LogP contribution >= 0.6 is 0 Å². The molecule has 0 aliphatic carbocycles. The number of aliphatic hydroxyl groups is 1. The molecule has 0 aliphatic rings. The number of carbonyl (C=O) groups excluding carboxylic acids is 1. The van der Waals surface area contributed by atoms with E-state index in [1.54, 1.807) is 7.05 Å². The van der Waals surface area contributed by atoms with Gasteiger partial charge in [-0.05, 0) is 31.0 Å². The summed E-state index contributed by atoms with van der Waals surface area (Å²) in [4.78, 5) is 12.7. The van der Waals surface area contributed by atoms with E-state index in [2.05, 4.69) is 0 Å². The van der Waals surface area contributed by atoms with E-state index in [1.807, 2.05) is 32.0 Å². The van der Waals surface area contributed by atoms with Gasteiger partial charge in [0.05, 0.1) is 0 Å². The van der Waals surface area contributed by atoms with Crippen molar-refractivity contribution in [2.75, 3.05) is 18.6 Å². The van der Waals surface area contributed by atoms with E-state index in [-0.39, 0.29) is 5.91 Å². The lowest BCUT2D eigenvalue weighted by Gasteiger charge is -2.19. The van der Waals surface area contributed by atoms with Crippen molar-refractivity contribution in [2.24, 2.45) is 0 Å².